The van der Waals surface area contributed by atoms with Crippen LogP contribution in [0.3, 0.4) is 0 Å². The number of hydrogen-bond acceptors (Lipinski definition) is 6. The molecule has 5 N–H and O–H groups in total. The van der Waals surface area contributed by atoms with Gasteiger partial charge in [0.25, 0.3) is 0 Å². The number of aromatic nitrogens is 4. The lowest BCUT2D eigenvalue weighted by molar-refractivity contribution is -0.137. The fraction of sp³-hybridized carbons (Fsp3) is 0.556. The molecule has 2 aliphatic rings. The summed E-state index contributed by atoms with van der Waals surface area (Å²) in [5, 5.41) is 21.0. The lowest BCUT2D eigenvalue weighted by atomic mass is 10.1. The van der Waals surface area contributed by atoms with E-state index in [0.29, 0.717) is 29.7 Å². The van der Waals surface area contributed by atoms with Crippen LogP contribution in [0, 0.1) is 0 Å². The first-order valence-corrected chi connectivity index (χ1v) is 13.6. The van der Waals surface area contributed by atoms with Crippen LogP contribution in [0.1, 0.15) is 63.9 Å². The fourth-order valence-electron chi connectivity index (χ4n) is 4.30. The lowest BCUT2D eigenvalue weighted by Crippen LogP contribution is -2.35. The van der Waals surface area contributed by atoms with Gasteiger partial charge in [0.15, 0.2) is 5.82 Å². The average Bonchev–Trinajstić information content (AvgIpc) is 3.42. The van der Waals surface area contributed by atoms with Crippen molar-refractivity contribution in [1.82, 2.24) is 30.4 Å². The minimum atomic E-state index is -0.670. The van der Waals surface area contributed by atoms with Crippen LogP contribution in [0.5, 0.6) is 0 Å². The number of hydrogen-bond donors (Lipinski definition) is 5. The molecular formula is C27H39N7O4. The third kappa shape index (κ3) is 8.56. The standard InChI is InChI=1S/C19H23N7O2.C8H16O2/c27-19(21-13-2-3-13)24-16-10-20-25-17(16)18-22-14-4-1-12(9-15(14)23-18)11-26-5-7-28-8-6-26;1-2-3-4-5-6-7-8(9)10/h1,4,9-10,13H,2-3,5-8,11H2,(H,20,25)(H,22,23)(H2,21,24,27);2-7H2,1H3,(H,9,10). The summed E-state index contributed by atoms with van der Waals surface area (Å²) in [7, 11) is 0. The molecule has 0 spiro atoms. The van der Waals surface area contributed by atoms with E-state index in [1.165, 1.54) is 24.8 Å². The number of rotatable bonds is 11. The molecule has 1 aliphatic heterocycles. The molecular weight excluding hydrogens is 486 g/mol. The van der Waals surface area contributed by atoms with Gasteiger partial charge in [-0.05, 0) is 37.0 Å². The van der Waals surface area contributed by atoms with E-state index in [1.54, 1.807) is 6.20 Å². The first kappa shape index (κ1) is 27.6. The number of H-pyrrole nitrogens is 2. The smallest absolute Gasteiger partial charge is 0.319 e. The fourth-order valence-corrected chi connectivity index (χ4v) is 4.30. The topological polar surface area (TPSA) is 148 Å². The molecule has 0 unspecified atom stereocenters. The normalized spacial score (nSPS) is 15.6. The van der Waals surface area contributed by atoms with Gasteiger partial charge in [-0.2, -0.15) is 5.10 Å². The number of carboxylic acid groups (broad SMARTS) is 1. The van der Waals surface area contributed by atoms with Crippen LogP contribution in [-0.4, -0.2) is 74.5 Å². The molecule has 2 fully saturated rings. The first-order chi connectivity index (χ1) is 18.5. The summed E-state index contributed by atoms with van der Waals surface area (Å²) < 4.78 is 5.41. The van der Waals surface area contributed by atoms with Crippen LogP contribution in [-0.2, 0) is 16.1 Å². The quantitative estimate of drug-likeness (QED) is 0.231. The van der Waals surface area contributed by atoms with Crippen molar-refractivity contribution in [3.63, 3.8) is 0 Å². The highest BCUT2D eigenvalue weighted by molar-refractivity contribution is 5.93. The molecule has 0 atom stereocenters. The van der Waals surface area contributed by atoms with E-state index in [1.807, 2.05) is 6.07 Å². The van der Waals surface area contributed by atoms with Gasteiger partial charge >= 0.3 is 12.0 Å². The third-order valence-electron chi connectivity index (χ3n) is 6.59. The zero-order chi connectivity index (χ0) is 26.7. The zero-order valence-electron chi connectivity index (χ0n) is 22.1. The second kappa shape index (κ2) is 13.9. The Morgan fingerprint density at radius 1 is 1.16 bits per heavy atom. The highest BCUT2D eigenvalue weighted by atomic mass is 16.5. The Labute approximate surface area is 222 Å². The first-order valence-electron chi connectivity index (χ1n) is 13.6. The van der Waals surface area contributed by atoms with Gasteiger partial charge in [-0.25, -0.2) is 9.78 Å². The molecule has 1 aliphatic carbocycles. The van der Waals surface area contributed by atoms with Crippen molar-refractivity contribution in [3.8, 4) is 11.5 Å². The van der Waals surface area contributed by atoms with Crippen LogP contribution in [0.25, 0.3) is 22.6 Å². The number of aromatic amines is 2. The average molecular weight is 526 g/mol. The van der Waals surface area contributed by atoms with Crippen LogP contribution in [0.15, 0.2) is 24.4 Å². The van der Waals surface area contributed by atoms with Gasteiger partial charge in [0.05, 0.1) is 36.1 Å². The highest BCUT2D eigenvalue weighted by Gasteiger charge is 2.24. The lowest BCUT2D eigenvalue weighted by Gasteiger charge is -2.26. The van der Waals surface area contributed by atoms with E-state index in [0.717, 1.165) is 69.6 Å². The predicted molar refractivity (Wildman–Crippen MR) is 146 cm³/mol. The molecule has 0 bridgehead atoms. The van der Waals surface area contributed by atoms with Crippen LogP contribution in [0.2, 0.25) is 0 Å². The van der Waals surface area contributed by atoms with Crippen molar-refractivity contribution in [2.24, 2.45) is 0 Å². The van der Waals surface area contributed by atoms with Crippen molar-refractivity contribution in [1.29, 1.82) is 0 Å². The largest absolute Gasteiger partial charge is 0.481 e. The maximum Gasteiger partial charge on any atom is 0.319 e. The number of amides is 2. The number of nitrogens with one attached hydrogen (secondary N) is 4. The summed E-state index contributed by atoms with van der Waals surface area (Å²) in [4.78, 5) is 32.5. The van der Waals surface area contributed by atoms with Gasteiger partial charge in [-0.15, -0.1) is 0 Å². The molecule has 3 aromatic rings. The Balaban J connectivity index is 0.000000289. The van der Waals surface area contributed by atoms with E-state index in [9.17, 15) is 9.59 Å². The number of nitrogens with zero attached hydrogens (tertiary/aromatic N) is 3. The molecule has 3 heterocycles. The molecule has 1 aromatic carbocycles. The SMILES string of the molecule is CCCCCCCC(=O)O.O=C(Nc1cn[nH]c1-c1nc2ccc(CN3CCOCC3)cc2[nH]1)NC1CC1. The third-order valence-corrected chi connectivity index (χ3v) is 6.59. The molecule has 1 saturated heterocycles. The summed E-state index contributed by atoms with van der Waals surface area (Å²) >= 11 is 0. The number of imidazole rings is 1. The van der Waals surface area contributed by atoms with Gasteiger partial charge in [0, 0.05) is 32.1 Å². The van der Waals surface area contributed by atoms with E-state index >= 15 is 0 Å². The number of unbranched alkanes of at least 4 members (excludes halogenated alkanes) is 4. The van der Waals surface area contributed by atoms with Crippen molar-refractivity contribution in [2.45, 2.75) is 70.9 Å². The Morgan fingerprint density at radius 2 is 1.95 bits per heavy atom. The molecule has 206 valence electrons. The molecule has 11 nitrogen and oxygen atoms in total. The summed E-state index contributed by atoms with van der Waals surface area (Å²) in [5.74, 6) is -0.0192. The van der Waals surface area contributed by atoms with Crippen molar-refractivity contribution in [3.05, 3.63) is 30.0 Å². The summed E-state index contributed by atoms with van der Waals surface area (Å²) in [6, 6.07) is 6.34. The summed E-state index contributed by atoms with van der Waals surface area (Å²) in [6.07, 6.45) is 9.57. The summed E-state index contributed by atoms with van der Waals surface area (Å²) in [6.45, 7) is 6.54. The van der Waals surface area contributed by atoms with E-state index in [2.05, 4.69) is 54.8 Å². The zero-order valence-corrected chi connectivity index (χ0v) is 22.1. The number of carboxylic acids is 1. The number of ether oxygens (including phenoxy) is 1. The van der Waals surface area contributed by atoms with Gasteiger partial charge in [0.1, 0.15) is 5.69 Å². The number of fused-ring (bicyclic) bond motifs is 1. The maximum atomic E-state index is 12.0. The van der Waals surface area contributed by atoms with Gasteiger partial charge in [-0.1, -0.05) is 38.7 Å². The number of urea groups is 1. The monoisotopic (exact) mass is 525 g/mol. The number of carbonyl (C=O) groups is 2. The maximum absolute atomic E-state index is 12.0. The second-order valence-corrected chi connectivity index (χ2v) is 9.91. The van der Waals surface area contributed by atoms with Gasteiger partial charge in [0.2, 0.25) is 0 Å². The number of benzene rings is 1. The molecule has 1 saturated carbocycles. The van der Waals surface area contributed by atoms with Crippen molar-refractivity contribution >= 4 is 28.7 Å². The number of morpholine rings is 1. The summed E-state index contributed by atoms with van der Waals surface area (Å²) in [5.41, 5.74) is 4.34. The van der Waals surface area contributed by atoms with E-state index in [4.69, 9.17) is 9.84 Å². The minimum absolute atomic E-state index is 0.214. The van der Waals surface area contributed by atoms with Crippen LogP contribution < -0.4 is 10.6 Å². The minimum Gasteiger partial charge on any atom is -0.481 e. The Bertz CT molecular complexity index is 1180. The van der Waals surface area contributed by atoms with Crippen LogP contribution >= 0.6 is 0 Å². The van der Waals surface area contributed by atoms with E-state index in [-0.39, 0.29) is 6.03 Å². The Kier molecular flexibility index (Phi) is 10.1. The molecule has 38 heavy (non-hydrogen) atoms. The van der Waals surface area contributed by atoms with Crippen molar-refractivity contribution < 1.29 is 19.4 Å². The predicted octanol–water partition coefficient (Wildman–Crippen LogP) is 4.50. The Morgan fingerprint density at radius 3 is 2.68 bits per heavy atom. The van der Waals surface area contributed by atoms with Gasteiger partial charge in [-0.3, -0.25) is 14.8 Å². The van der Waals surface area contributed by atoms with Crippen molar-refractivity contribution in [2.75, 3.05) is 31.6 Å². The highest BCUT2D eigenvalue weighted by Crippen LogP contribution is 2.26. The Hall–Kier alpha value is -3.44. The molecule has 0 radical (unpaired) electrons. The molecule has 2 aromatic heterocycles. The van der Waals surface area contributed by atoms with Gasteiger partial charge < -0.3 is 25.5 Å². The number of carbonyl (C=O) groups excluding carboxylic acids is 1. The van der Waals surface area contributed by atoms with Crippen LogP contribution in [0.4, 0.5) is 10.5 Å². The number of aliphatic carboxylic acids is 1. The molecule has 2 amide bonds. The number of anilines is 1. The molecule has 11 heteroatoms. The molecule has 5 rings (SSSR count). The van der Waals surface area contributed by atoms with E-state index < -0.39 is 5.97 Å². The second-order valence-electron chi connectivity index (χ2n) is 9.91.